The summed E-state index contributed by atoms with van der Waals surface area (Å²) in [5, 5.41) is -0.717. The highest BCUT2D eigenvalue weighted by molar-refractivity contribution is 8.00. The number of nitrogens with zero attached hydrogens (tertiary/aromatic N) is 1. The Balaban J connectivity index is 2.15. The van der Waals surface area contributed by atoms with Gasteiger partial charge in [0.25, 0.3) is 0 Å². The minimum Gasteiger partial charge on any atom is -0.293 e. The molecule has 1 aromatic carbocycles. The molecule has 0 aromatic heterocycles. The topological polar surface area (TPSA) is 54.5 Å². The molecule has 4 nitrogen and oxygen atoms in total. The molecule has 116 valence electrons. The van der Waals surface area contributed by atoms with Gasteiger partial charge in [-0.2, -0.15) is 11.8 Å². The van der Waals surface area contributed by atoms with Gasteiger partial charge in [-0.3, -0.25) is 9.69 Å². The van der Waals surface area contributed by atoms with E-state index in [0.29, 0.717) is 12.3 Å². The fraction of sp³-hybridized carbons (Fsp3) is 0.462. The zero-order valence-electron chi connectivity index (χ0n) is 11.4. The summed E-state index contributed by atoms with van der Waals surface area (Å²) in [5.74, 6) is -1.39. The minimum atomic E-state index is -3.30. The largest absolute Gasteiger partial charge is 0.293 e. The molecule has 1 heterocycles. The number of Topliss-reactive ketones (excluding diaryl/α,β-unsaturated/α-hetero) is 1. The highest BCUT2D eigenvalue weighted by atomic mass is 32.2. The number of hydrogen-bond acceptors (Lipinski definition) is 5. The number of thioether (sulfide) groups is 1. The predicted octanol–water partition coefficient (Wildman–Crippen LogP) is 1.57. The molecule has 1 aliphatic heterocycles. The Morgan fingerprint density at radius 1 is 1.38 bits per heavy atom. The fourth-order valence-electron chi connectivity index (χ4n) is 2.14. The van der Waals surface area contributed by atoms with Crippen LogP contribution < -0.4 is 0 Å². The quantitative estimate of drug-likeness (QED) is 0.782. The van der Waals surface area contributed by atoms with Gasteiger partial charge in [0.15, 0.2) is 27.3 Å². The van der Waals surface area contributed by atoms with Gasteiger partial charge in [0, 0.05) is 29.9 Å². The van der Waals surface area contributed by atoms with Crippen LogP contribution in [-0.4, -0.2) is 55.3 Å². The van der Waals surface area contributed by atoms with E-state index in [-0.39, 0.29) is 12.1 Å². The van der Waals surface area contributed by atoms with E-state index in [1.54, 1.807) is 4.90 Å². The molecule has 1 saturated heterocycles. The molecular weight excluding hydrogens is 320 g/mol. The highest BCUT2D eigenvalue weighted by Crippen LogP contribution is 2.21. The lowest BCUT2D eigenvalue weighted by molar-refractivity contribution is 0.0928. The number of carbonyl (C=O) groups excluding carboxylic acids is 1. The lowest BCUT2D eigenvalue weighted by Gasteiger charge is -2.33. The molecule has 0 N–H and O–H groups in total. The van der Waals surface area contributed by atoms with Crippen LogP contribution in [0.5, 0.6) is 0 Å². The Morgan fingerprint density at radius 3 is 2.71 bits per heavy atom. The SMILES string of the molecule is CS(=O)(=O)C1CSCCN1CC(=O)c1ccc(F)c(F)c1. The number of ketones is 1. The van der Waals surface area contributed by atoms with Crippen molar-refractivity contribution < 1.29 is 22.0 Å². The van der Waals surface area contributed by atoms with Crippen LogP contribution in [-0.2, 0) is 9.84 Å². The van der Waals surface area contributed by atoms with Crippen LogP contribution in [0, 0.1) is 11.6 Å². The van der Waals surface area contributed by atoms with Crippen molar-refractivity contribution in [2.24, 2.45) is 0 Å². The molecule has 1 atom stereocenters. The van der Waals surface area contributed by atoms with Gasteiger partial charge in [0.05, 0.1) is 6.54 Å². The van der Waals surface area contributed by atoms with Crippen LogP contribution in [0.2, 0.25) is 0 Å². The molecule has 0 bridgehead atoms. The van der Waals surface area contributed by atoms with Crippen molar-refractivity contribution in [3.8, 4) is 0 Å². The lowest BCUT2D eigenvalue weighted by Crippen LogP contribution is -2.48. The third kappa shape index (κ3) is 4.02. The Morgan fingerprint density at radius 2 is 2.10 bits per heavy atom. The Bertz CT molecular complexity index is 649. The van der Waals surface area contributed by atoms with Gasteiger partial charge < -0.3 is 0 Å². The molecule has 1 unspecified atom stereocenters. The first-order valence-corrected chi connectivity index (χ1v) is 9.39. The highest BCUT2D eigenvalue weighted by Gasteiger charge is 2.32. The van der Waals surface area contributed by atoms with E-state index in [9.17, 15) is 22.0 Å². The second-order valence-electron chi connectivity index (χ2n) is 4.88. The third-order valence-electron chi connectivity index (χ3n) is 3.27. The summed E-state index contributed by atoms with van der Waals surface area (Å²) < 4.78 is 49.5. The molecule has 2 rings (SSSR count). The monoisotopic (exact) mass is 335 g/mol. The first-order chi connectivity index (χ1) is 9.79. The van der Waals surface area contributed by atoms with Gasteiger partial charge in [0.1, 0.15) is 5.37 Å². The molecule has 1 fully saturated rings. The van der Waals surface area contributed by atoms with Crippen LogP contribution in [0.1, 0.15) is 10.4 Å². The van der Waals surface area contributed by atoms with Crippen molar-refractivity contribution in [2.45, 2.75) is 5.37 Å². The van der Waals surface area contributed by atoms with E-state index < -0.39 is 32.6 Å². The number of sulfone groups is 1. The van der Waals surface area contributed by atoms with E-state index in [1.807, 2.05) is 0 Å². The van der Waals surface area contributed by atoms with Crippen molar-refractivity contribution in [3.63, 3.8) is 0 Å². The smallest absolute Gasteiger partial charge is 0.176 e. The summed E-state index contributed by atoms with van der Waals surface area (Å²) in [5.41, 5.74) is 0.0411. The van der Waals surface area contributed by atoms with Crippen LogP contribution in [0.25, 0.3) is 0 Å². The van der Waals surface area contributed by atoms with Crippen molar-refractivity contribution in [1.29, 1.82) is 0 Å². The summed E-state index contributed by atoms with van der Waals surface area (Å²) in [6.45, 7) is 0.348. The normalized spacial score (nSPS) is 20.4. The number of halogens is 2. The maximum Gasteiger partial charge on any atom is 0.176 e. The number of benzene rings is 1. The molecule has 1 aromatic rings. The average Bonchev–Trinajstić information content (AvgIpc) is 2.41. The molecule has 0 aliphatic carbocycles. The van der Waals surface area contributed by atoms with Crippen LogP contribution in [0.15, 0.2) is 18.2 Å². The Hall–Kier alpha value is -0.990. The van der Waals surface area contributed by atoms with E-state index >= 15 is 0 Å². The molecule has 0 spiro atoms. The van der Waals surface area contributed by atoms with Gasteiger partial charge in [0.2, 0.25) is 0 Å². The van der Waals surface area contributed by atoms with Crippen LogP contribution in [0.3, 0.4) is 0 Å². The number of carbonyl (C=O) groups is 1. The molecule has 0 radical (unpaired) electrons. The van der Waals surface area contributed by atoms with Crippen molar-refractivity contribution in [2.75, 3.05) is 30.9 Å². The summed E-state index contributed by atoms with van der Waals surface area (Å²) in [4.78, 5) is 13.7. The summed E-state index contributed by atoms with van der Waals surface area (Å²) in [6, 6.07) is 2.93. The van der Waals surface area contributed by atoms with Gasteiger partial charge >= 0.3 is 0 Å². The maximum atomic E-state index is 13.1. The molecule has 0 saturated carbocycles. The lowest BCUT2D eigenvalue weighted by atomic mass is 10.1. The standard InChI is InChI=1S/C13H15F2NO3S2/c1-21(18,19)13-8-20-5-4-16(13)7-12(17)9-2-3-10(14)11(15)6-9/h2-3,6,13H,4-5,7-8H2,1H3. The first-order valence-electron chi connectivity index (χ1n) is 6.28. The Kier molecular flexibility index (Phi) is 5.00. The Labute approximate surface area is 126 Å². The molecular formula is C13H15F2NO3S2. The van der Waals surface area contributed by atoms with Crippen molar-refractivity contribution >= 4 is 27.4 Å². The molecule has 21 heavy (non-hydrogen) atoms. The third-order valence-corrected chi connectivity index (χ3v) is 5.96. The van der Waals surface area contributed by atoms with Crippen LogP contribution >= 0.6 is 11.8 Å². The van der Waals surface area contributed by atoms with Gasteiger partial charge in [-0.05, 0) is 18.2 Å². The fourth-order valence-corrected chi connectivity index (χ4v) is 5.08. The van der Waals surface area contributed by atoms with E-state index in [4.69, 9.17) is 0 Å². The summed E-state index contributed by atoms with van der Waals surface area (Å²) >= 11 is 1.52. The zero-order valence-corrected chi connectivity index (χ0v) is 13.0. The van der Waals surface area contributed by atoms with Gasteiger partial charge in [-0.15, -0.1) is 0 Å². The maximum absolute atomic E-state index is 13.1. The van der Waals surface area contributed by atoms with Crippen LogP contribution in [0.4, 0.5) is 8.78 Å². The predicted molar refractivity (Wildman–Crippen MR) is 78.2 cm³/mol. The first kappa shape index (κ1) is 16.4. The summed E-state index contributed by atoms with van der Waals surface area (Å²) in [7, 11) is -3.30. The van der Waals surface area contributed by atoms with Crippen molar-refractivity contribution in [1.82, 2.24) is 4.90 Å². The molecule has 1 aliphatic rings. The minimum absolute atomic E-state index is 0.0411. The van der Waals surface area contributed by atoms with E-state index in [2.05, 4.69) is 0 Å². The number of hydrogen-bond donors (Lipinski definition) is 0. The second kappa shape index (κ2) is 6.41. The molecule has 8 heteroatoms. The van der Waals surface area contributed by atoms with E-state index in [0.717, 1.165) is 24.1 Å². The average molecular weight is 335 g/mol. The van der Waals surface area contributed by atoms with Crippen molar-refractivity contribution in [3.05, 3.63) is 35.4 Å². The summed E-state index contributed by atoms with van der Waals surface area (Å²) in [6.07, 6.45) is 1.14. The number of rotatable bonds is 4. The second-order valence-corrected chi connectivity index (χ2v) is 8.23. The van der Waals surface area contributed by atoms with Gasteiger partial charge in [-0.25, -0.2) is 17.2 Å². The molecule has 0 amide bonds. The van der Waals surface area contributed by atoms with Gasteiger partial charge in [-0.1, -0.05) is 0 Å². The zero-order chi connectivity index (χ0) is 15.6. The van der Waals surface area contributed by atoms with E-state index in [1.165, 1.54) is 17.8 Å².